The van der Waals surface area contributed by atoms with Gasteiger partial charge >= 0.3 is 5.97 Å². The fourth-order valence-corrected chi connectivity index (χ4v) is 5.01. The van der Waals surface area contributed by atoms with E-state index in [0.717, 1.165) is 46.1 Å². The summed E-state index contributed by atoms with van der Waals surface area (Å²) in [4.78, 5) is 12.3. The van der Waals surface area contributed by atoms with Crippen molar-refractivity contribution >= 4 is 28.1 Å². The molecule has 0 radical (unpaired) electrons. The molecule has 1 saturated heterocycles. The van der Waals surface area contributed by atoms with Crippen molar-refractivity contribution in [3.63, 3.8) is 0 Å². The second kappa shape index (κ2) is 8.46. The fraction of sp³-hybridized carbons (Fsp3) is 0.320. The van der Waals surface area contributed by atoms with E-state index in [1.807, 2.05) is 29.7 Å². The average Bonchev–Trinajstić information content (AvgIpc) is 3.46. The predicted octanol–water partition coefficient (Wildman–Crippen LogP) is 5.37. The summed E-state index contributed by atoms with van der Waals surface area (Å²) in [6.07, 6.45) is 5.80. The van der Waals surface area contributed by atoms with Crippen LogP contribution in [-0.4, -0.2) is 38.5 Å². The summed E-state index contributed by atoms with van der Waals surface area (Å²) in [7, 11) is 1.74. The number of carbonyl (C=O) groups is 1. The fourth-order valence-electron chi connectivity index (χ4n) is 4.36. The number of hydrogen-bond donors (Lipinski definition) is 0. The van der Waals surface area contributed by atoms with E-state index < -0.39 is 0 Å². The number of ether oxygens (including phenoxy) is 4. The summed E-state index contributed by atoms with van der Waals surface area (Å²) >= 11 is 1.64. The Hall–Kier alpha value is -2.67. The predicted molar refractivity (Wildman–Crippen MR) is 121 cm³/mol. The highest BCUT2D eigenvalue weighted by Crippen LogP contribution is 2.40. The zero-order valence-corrected chi connectivity index (χ0v) is 18.2. The van der Waals surface area contributed by atoms with Gasteiger partial charge in [-0.15, -0.1) is 0 Å². The largest absolute Gasteiger partial charge is 0.490 e. The number of hydrogen-bond acceptors (Lipinski definition) is 6. The Labute approximate surface area is 185 Å². The van der Waals surface area contributed by atoms with E-state index in [0.29, 0.717) is 32.0 Å². The van der Waals surface area contributed by atoms with Gasteiger partial charge in [-0.3, -0.25) is 0 Å². The Morgan fingerprint density at radius 2 is 2.06 bits per heavy atom. The summed E-state index contributed by atoms with van der Waals surface area (Å²) in [5.41, 5.74) is 3.54. The number of esters is 1. The molecule has 0 atom stereocenters. The third-order valence-electron chi connectivity index (χ3n) is 6.11. The molecular weight excluding hydrogens is 412 g/mol. The first-order valence-electron chi connectivity index (χ1n) is 10.4. The first-order valence-corrected chi connectivity index (χ1v) is 11.4. The van der Waals surface area contributed by atoms with Crippen LogP contribution in [0.25, 0.3) is 21.9 Å². The smallest absolute Gasteiger partial charge is 0.338 e. The molecule has 1 fully saturated rings. The van der Waals surface area contributed by atoms with Crippen LogP contribution in [0.1, 0.15) is 28.8 Å². The van der Waals surface area contributed by atoms with Gasteiger partial charge in [0, 0.05) is 38.7 Å². The van der Waals surface area contributed by atoms with Crippen molar-refractivity contribution in [2.75, 3.05) is 26.9 Å². The molecule has 5 nitrogen and oxygen atoms in total. The highest BCUT2D eigenvalue weighted by atomic mass is 32.1. The van der Waals surface area contributed by atoms with Gasteiger partial charge in [-0.25, -0.2) is 4.79 Å². The lowest BCUT2D eigenvalue weighted by atomic mass is 9.92. The molecule has 160 valence electrons. The summed E-state index contributed by atoms with van der Waals surface area (Å²) < 4.78 is 22.5. The summed E-state index contributed by atoms with van der Waals surface area (Å²) in [5.74, 6) is 0.502. The van der Waals surface area contributed by atoms with Crippen LogP contribution in [0.3, 0.4) is 0 Å². The van der Waals surface area contributed by atoms with Crippen LogP contribution in [0.5, 0.6) is 5.75 Å². The van der Waals surface area contributed by atoms with E-state index in [9.17, 15) is 4.79 Å². The molecule has 2 aliphatic rings. The molecule has 5 rings (SSSR count). The maximum absolute atomic E-state index is 12.3. The van der Waals surface area contributed by atoms with Gasteiger partial charge in [0.2, 0.25) is 0 Å². The molecule has 0 unspecified atom stereocenters. The number of thiophene rings is 1. The van der Waals surface area contributed by atoms with Crippen LogP contribution < -0.4 is 4.74 Å². The van der Waals surface area contributed by atoms with Gasteiger partial charge in [-0.1, -0.05) is 12.1 Å². The van der Waals surface area contributed by atoms with E-state index in [2.05, 4.69) is 23.6 Å². The summed E-state index contributed by atoms with van der Waals surface area (Å²) in [6, 6.07) is 10.0. The molecule has 31 heavy (non-hydrogen) atoms. The Kier molecular flexibility index (Phi) is 5.52. The van der Waals surface area contributed by atoms with Crippen LogP contribution >= 0.6 is 11.3 Å². The Balaban J connectivity index is 1.41. The highest BCUT2D eigenvalue weighted by Gasteiger charge is 2.29. The number of fused-ring (bicyclic) bond motifs is 2. The summed E-state index contributed by atoms with van der Waals surface area (Å²) in [6.45, 7) is 2.19. The third-order valence-corrected chi connectivity index (χ3v) is 6.79. The standard InChI is InChI=1S/C25H24O5S/c1-27-25(7-10-28-11-8-25)6-2-9-29-19-3-4-20-18(13-19)14-21-22(15-30-24(21)26)23(20)17-5-12-31-16-17/h2-6,12-14,16H,7-11,15H2,1H3. The molecule has 2 aliphatic heterocycles. The number of rotatable bonds is 6. The van der Waals surface area contributed by atoms with E-state index in [1.54, 1.807) is 18.4 Å². The zero-order chi connectivity index (χ0) is 21.3. The molecule has 3 aromatic rings. The van der Waals surface area contributed by atoms with Gasteiger partial charge in [-0.05, 0) is 63.0 Å². The van der Waals surface area contributed by atoms with E-state index in [1.165, 1.54) is 0 Å². The van der Waals surface area contributed by atoms with Gasteiger partial charge in [0.05, 0.1) is 11.2 Å². The van der Waals surface area contributed by atoms with Crippen LogP contribution in [0.15, 0.2) is 53.2 Å². The van der Waals surface area contributed by atoms with Gasteiger partial charge in [0.15, 0.2) is 0 Å². The molecule has 1 aromatic heterocycles. The monoisotopic (exact) mass is 436 g/mol. The molecule has 0 N–H and O–H groups in total. The molecule has 2 aromatic carbocycles. The SMILES string of the molecule is COC1(C=CCOc2ccc3c(-c4ccsc4)c4c(cc3c2)C(=O)OC4)CCOCC1. The lowest BCUT2D eigenvalue weighted by Gasteiger charge is -2.33. The van der Waals surface area contributed by atoms with Crippen LogP contribution in [0.2, 0.25) is 0 Å². The number of methoxy groups -OCH3 is 1. The van der Waals surface area contributed by atoms with Crippen molar-refractivity contribution in [3.05, 3.63) is 64.4 Å². The van der Waals surface area contributed by atoms with E-state index in [4.69, 9.17) is 18.9 Å². The Bertz CT molecular complexity index is 1130. The lowest BCUT2D eigenvalue weighted by molar-refractivity contribution is -0.0588. The maximum atomic E-state index is 12.3. The van der Waals surface area contributed by atoms with Crippen molar-refractivity contribution in [2.45, 2.75) is 25.0 Å². The van der Waals surface area contributed by atoms with Crippen molar-refractivity contribution in [1.82, 2.24) is 0 Å². The molecule has 0 aliphatic carbocycles. The molecule has 0 spiro atoms. The second-order valence-corrected chi connectivity index (χ2v) is 8.62. The van der Waals surface area contributed by atoms with Crippen molar-refractivity contribution in [1.29, 1.82) is 0 Å². The molecule has 0 bridgehead atoms. The Morgan fingerprint density at radius 3 is 2.84 bits per heavy atom. The topological polar surface area (TPSA) is 54.0 Å². The minimum absolute atomic E-state index is 0.260. The Morgan fingerprint density at radius 1 is 1.19 bits per heavy atom. The first kappa shape index (κ1) is 20.2. The molecule has 6 heteroatoms. The highest BCUT2D eigenvalue weighted by molar-refractivity contribution is 7.08. The van der Waals surface area contributed by atoms with Gasteiger partial charge in [-0.2, -0.15) is 11.3 Å². The van der Waals surface area contributed by atoms with E-state index >= 15 is 0 Å². The first-order chi connectivity index (χ1) is 15.2. The molecular formula is C25H24O5S. The number of cyclic esters (lactones) is 1. The summed E-state index contributed by atoms with van der Waals surface area (Å²) in [5, 5.41) is 6.22. The average molecular weight is 437 g/mol. The maximum Gasteiger partial charge on any atom is 0.338 e. The van der Waals surface area contributed by atoms with Gasteiger partial charge in [0.1, 0.15) is 19.0 Å². The zero-order valence-electron chi connectivity index (χ0n) is 17.4. The molecule has 0 saturated carbocycles. The second-order valence-electron chi connectivity index (χ2n) is 7.84. The van der Waals surface area contributed by atoms with Crippen LogP contribution in [-0.2, 0) is 20.8 Å². The van der Waals surface area contributed by atoms with Crippen LogP contribution in [0.4, 0.5) is 0 Å². The number of benzene rings is 2. The quantitative estimate of drug-likeness (QED) is 0.384. The van der Waals surface area contributed by atoms with Gasteiger partial charge < -0.3 is 18.9 Å². The molecule has 3 heterocycles. The third kappa shape index (κ3) is 3.87. The van der Waals surface area contributed by atoms with Crippen LogP contribution in [0, 0.1) is 0 Å². The van der Waals surface area contributed by atoms with Crippen molar-refractivity contribution < 1.29 is 23.7 Å². The van der Waals surface area contributed by atoms with Crippen molar-refractivity contribution in [3.8, 4) is 16.9 Å². The number of carbonyl (C=O) groups excluding carboxylic acids is 1. The minimum Gasteiger partial charge on any atom is -0.490 e. The van der Waals surface area contributed by atoms with Crippen molar-refractivity contribution in [2.24, 2.45) is 0 Å². The lowest BCUT2D eigenvalue weighted by Crippen LogP contribution is -2.36. The van der Waals surface area contributed by atoms with Gasteiger partial charge in [0.25, 0.3) is 0 Å². The molecule has 0 amide bonds. The van der Waals surface area contributed by atoms with E-state index in [-0.39, 0.29) is 11.6 Å². The minimum atomic E-state index is -0.263. The normalized spacial score (nSPS) is 17.8.